The number of hydrogen-bond acceptors (Lipinski definition) is 1. The van der Waals surface area contributed by atoms with E-state index in [4.69, 9.17) is 0 Å². The zero-order chi connectivity index (χ0) is 11.8. The number of hydrogen-bond donors (Lipinski definition) is 1. The summed E-state index contributed by atoms with van der Waals surface area (Å²) in [5.74, 6) is 0.569. The van der Waals surface area contributed by atoms with Crippen LogP contribution in [0.15, 0.2) is 35.1 Å². The molecule has 0 unspecified atom stereocenters. The molecule has 3 nitrogen and oxygen atoms in total. The summed E-state index contributed by atoms with van der Waals surface area (Å²) in [6, 6.07) is 10.1. The van der Waals surface area contributed by atoms with E-state index in [9.17, 15) is 4.79 Å². The molecule has 0 spiro atoms. The monoisotopic (exact) mass is 228 g/mol. The fourth-order valence-electron chi connectivity index (χ4n) is 2.18. The quantitative estimate of drug-likeness (QED) is 0.861. The van der Waals surface area contributed by atoms with Crippen molar-refractivity contribution in [3.8, 4) is 5.69 Å². The van der Waals surface area contributed by atoms with Crippen LogP contribution in [0.1, 0.15) is 36.9 Å². The maximum Gasteiger partial charge on any atom is 0.264 e. The minimum atomic E-state index is -0.00790. The van der Waals surface area contributed by atoms with Crippen molar-refractivity contribution in [2.45, 2.75) is 32.1 Å². The van der Waals surface area contributed by atoms with Crippen LogP contribution in [-0.2, 0) is 6.42 Å². The van der Waals surface area contributed by atoms with Gasteiger partial charge in [0.15, 0.2) is 0 Å². The van der Waals surface area contributed by atoms with Gasteiger partial charge in [0.2, 0.25) is 0 Å². The average molecular weight is 228 g/mol. The molecule has 0 bridgehead atoms. The van der Waals surface area contributed by atoms with Gasteiger partial charge in [0.05, 0.1) is 5.69 Å². The zero-order valence-electron chi connectivity index (χ0n) is 9.94. The van der Waals surface area contributed by atoms with Crippen molar-refractivity contribution in [1.29, 1.82) is 0 Å². The first-order valence-corrected chi connectivity index (χ1v) is 6.19. The van der Waals surface area contributed by atoms with Gasteiger partial charge in [0, 0.05) is 17.7 Å². The third-order valence-electron chi connectivity index (χ3n) is 3.36. The molecule has 1 fully saturated rings. The molecule has 1 aromatic carbocycles. The first-order valence-electron chi connectivity index (χ1n) is 6.19. The predicted octanol–water partition coefficient (Wildman–Crippen LogP) is 2.61. The fourth-order valence-corrected chi connectivity index (χ4v) is 2.18. The number of nitrogens with zero attached hydrogens (tertiary/aromatic N) is 1. The van der Waals surface area contributed by atoms with Gasteiger partial charge in [-0.3, -0.25) is 14.6 Å². The Bertz CT molecular complexity index is 573. The van der Waals surface area contributed by atoms with E-state index in [1.165, 1.54) is 18.4 Å². The van der Waals surface area contributed by atoms with Crippen LogP contribution < -0.4 is 5.56 Å². The molecule has 0 aliphatic heterocycles. The van der Waals surface area contributed by atoms with Crippen LogP contribution in [0.25, 0.3) is 5.69 Å². The molecule has 1 aliphatic rings. The van der Waals surface area contributed by atoms with E-state index >= 15 is 0 Å². The lowest BCUT2D eigenvalue weighted by atomic mass is 10.1. The highest BCUT2D eigenvalue weighted by Gasteiger charge is 2.27. The lowest BCUT2D eigenvalue weighted by Gasteiger charge is -2.08. The molecule has 1 saturated carbocycles. The van der Waals surface area contributed by atoms with Gasteiger partial charge < -0.3 is 0 Å². The number of H-pyrrole nitrogens is 1. The molecular weight excluding hydrogens is 212 g/mol. The van der Waals surface area contributed by atoms with Crippen LogP contribution in [0.5, 0.6) is 0 Å². The summed E-state index contributed by atoms with van der Waals surface area (Å²) in [4.78, 5) is 11.5. The predicted molar refractivity (Wildman–Crippen MR) is 67.7 cm³/mol. The Labute approximate surface area is 100 Å². The standard InChI is InChI=1S/C14H16N2O/c1-2-10-3-7-12(8-4-10)16-13(11-5-6-11)9-14(17)15-16/h3-4,7-9,11H,2,5-6H2,1H3,(H,15,17). The molecule has 88 valence electrons. The Morgan fingerprint density at radius 1 is 1.29 bits per heavy atom. The first-order chi connectivity index (χ1) is 8.28. The summed E-state index contributed by atoms with van der Waals surface area (Å²) in [6.07, 6.45) is 3.44. The lowest BCUT2D eigenvalue weighted by Crippen LogP contribution is -2.05. The molecule has 0 radical (unpaired) electrons. The summed E-state index contributed by atoms with van der Waals surface area (Å²) in [6.45, 7) is 2.14. The molecule has 0 amide bonds. The van der Waals surface area contributed by atoms with Crippen molar-refractivity contribution in [3.05, 3.63) is 51.9 Å². The molecule has 3 rings (SSSR count). The van der Waals surface area contributed by atoms with Crippen molar-refractivity contribution < 1.29 is 0 Å². The number of rotatable bonds is 3. The van der Waals surface area contributed by atoms with Crippen molar-refractivity contribution in [2.24, 2.45) is 0 Å². The fraction of sp³-hybridized carbons (Fsp3) is 0.357. The molecule has 17 heavy (non-hydrogen) atoms. The highest BCUT2D eigenvalue weighted by atomic mass is 16.1. The summed E-state index contributed by atoms with van der Waals surface area (Å²) in [5, 5.41) is 2.88. The number of aryl methyl sites for hydroxylation is 1. The number of nitrogens with one attached hydrogen (secondary N) is 1. The highest BCUT2D eigenvalue weighted by molar-refractivity contribution is 5.36. The van der Waals surface area contributed by atoms with Crippen LogP contribution >= 0.6 is 0 Å². The second kappa shape index (κ2) is 3.91. The van der Waals surface area contributed by atoms with E-state index in [0.29, 0.717) is 5.92 Å². The minimum Gasteiger partial charge on any atom is -0.268 e. The molecule has 3 heteroatoms. The van der Waals surface area contributed by atoms with E-state index in [0.717, 1.165) is 17.8 Å². The molecule has 2 aromatic rings. The first kappa shape index (κ1) is 10.4. The summed E-state index contributed by atoms with van der Waals surface area (Å²) in [7, 11) is 0. The maximum atomic E-state index is 11.5. The third-order valence-corrected chi connectivity index (χ3v) is 3.36. The van der Waals surface area contributed by atoms with Crippen LogP contribution in [0, 0.1) is 0 Å². The smallest absolute Gasteiger partial charge is 0.264 e. The van der Waals surface area contributed by atoms with E-state index in [1.54, 1.807) is 6.07 Å². The second-order valence-corrected chi connectivity index (χ2v) is 4.67. The van der Waals surface area contributed by atoms with Crippen molar-refractivity contribution >= 4 is 0 Å². The molecule has 1 N–H and O–H groups in total. The van der Waals surface area contributed by atoms with E-state index < -0.39 is 0 Å². The van der Waals surface area contributed by atoms with Gasteiger partial charge in [0.25, 0.3) is 5.56 Å². The van der Waals surface area contributed by atoms with Gasteiger partial charge in [-0.25, -0.2) is 0 Å². The van der Waals surface area contributed by atoms with E-state index in [2.05, 4.69) is 36.3 Å². The largest absolute Gasteiger partial charge is 0.268 e. The topological polar surface area (TPSA) is 37.8 Å². The van der Waals surface area contributed by atoms with Gasteiger partial charge >= 0.3 is 0 Å². The Morgan fingerprint density at radius 3 is 2.59 bits per heavy atom. The van der Waals surface area contributed by atoms with Crippen LogP contribution in [0.2, 0.25) is 0 Å². The van der Waals surface area contributed by atoms with Crippen LogP contribution in [0.4, 0.5) is 0 Å². The molecule has 1 heterocycles. The minimum absolute atomic E-state index is 0.00790. The van der Waals surface area contributed by atoms with Gasteiger partial charge in [-0.1, -0.05) is 19.1 Å². The molecule has 1 aliphatic carbocycles. The normalized spacial score (nSPS) is 15.1. The molecule has 1 aromatic heterocycles. The van der Waals surface area contributed by atoms with E-state index in [1.807, 2.05) is 4.68 Å². The average Bonchev–Trinajstić information content (AvgIpc) is 3.13. The Balaban J connectivity index is 2.04. The lowest BCUT2D eigenvalue weighted by molar-refractivity contribution is 0.799. The van der Waals surface area contributed by atoms with Crippen molar-refractivity contribution in [1.82, 2.24) is 9.78 Å². The molecule has 0 atom stereocenters. The second-order valence-electron chi connectivity index (χ2n) is 4.67. The van der Waals surface area contributed by atoms with Crippen molar-refractivity contribution in [3.63, 3.8) is 0 Å². The van der Waals surface area contributed by atoms with Crippen LogP contribution in [-0.4, -0.2) is 9.78 Å². The van der Waals surface area contributed by atoms with Gasteiger partial charge in [0.1, 0.15) is 0 Å². The third kappa shape index (κ3) is 1.93. The SMILES string of the molecule is CCc1ccc(-n2[nH]c(=O)cc2C2CC2)cc1. The van der Waals surface area contributed by atoms with E-state index in [-0.39, 0.29) is 5.56 Å². The number of aromatic amines is 1. The van der Waals surface area contributed by atoms with Gasteiger partial charge in [-0.05, 0) is 37.0 Å². The molecule has 0 saturated heterocycles. The van der Waals surface area contributed by atoms with Gasteiger partial charge in [-0.2, -0.15) is 0 Å². The Kier molecular flexibility index (Phi) is 2.39. The van der Waals surface area contributed by atoms with Gasteiger partial charge in [-0.15, -0.1) is 0 Å². The number of aromatic nitrogens is 2. The summed E-state index contributed by atoms with van der Waals surface area (Å²) < 4.78 is 1.93. The van der Waals surface area contributed by atoms with Crippen molar-refractivity contribution in [2.75, 3.05) is 0 Å². The summed E-state index contributed by atoms with van der Waals surface area (Å²) >= 11 is 0. The highest BCUT2D eigenvalue weighted by Crippen LogP contribution is 2.39. The Morgan fingerprint density at radius 2 is 2.00 bits per heavy atom. The molecular formula is C14H16N2O. The van der Waals surface area contributed by atoms with Crippen LogP contribution in [0.3, 0.4) is 0 Å². The maximum absolute atomic E-state index is 11.5. The Hall–Kier alpha value is -1.77. The summed E-state index contributed by atoms with van der Waals surface area (Å²) in [5.41, 5.74) is 3.48. The zero-order valence-corrected chi connectivity index (χ0v) is 9.94. The number of benzene rings is 1.